The third-order valence-corrected chi connectivity index (χ3v) is 8.74. The Balaban J connectivity index is 2.95. The van der Waals surface area contributed by atoms with E-state index in [0.29, 0.717) is 18.8 Å². The van der Waals surface area contributed by atoms with Crippen LogP contribution in [0.4, 0.5) is 0 Å². The van der Waals surface area contributed by atoms with Gasteiger partial charge in [0.25, 0.3) is 0 Å². The SMILES string of the molecule is C=CCOC(C#C[Si](C)(C)C(C)(C)C)CC1=CC(=O)OC(C)(C)O1. The molecule has 0 bridgehead atoms. The van der Waals surface area contributed by atoms with Crippen LogP contribution in [0.25, 0.3) is 0 Å². The maximum absolute atomic E-state index is 11.7. The summed E-state index contributed by atoms with van der Waals surface area (Å²) in [5.41, 5.74) is 3.46. The Bertz CT molecular complexity index is 570. The minimum absolute atomic E-state index is 0.176. The smallest absolute Gasteiger partial charge is 0.337 e. The van der Waals surface area contributed by atoms with Crippen LogP contribution in [0.2, 0.25) is 18.1 Å². The Morgan fingerprint density at radius 2 is 2.00 bits per heavy atom. The van der Waals surface area contributed by atoms with Gasteiger partial charge in [0, 0.05) is 20.3 Å². The zero-order valence-corrected chi connectivity index (χ0v) is 17.0. The van der Waals surface area contributed by atoms with Crippen molar-refractivity contribution in [2.75, 3.05) is 6.61 Å². The van der Waals surface area contributed by atoms with Crippen molar-refractivity contribution in [2.24, 2.45) is 0 Å². The number of esters is 1. The lowest BCUT2D eigenvalue weighted by Gasteiger charge is -2.32. The molecule has 1 aliphatic rings. The van der Waals surface area contributed by atoms with Gasteiger partial charge < -0.3 is 14.2 Å². The second-order valence-corrected chi connectivity index (χ2v) is 13.0. The fourth-order valence-electron chi connectivity index (χ4n) is 1.84. The van der Waals surface area contributed by atoms with Gasteiger partial charge in [0.05, 0.1) is 12.7 Å². The second kappa shape index (κ2) is 7.58. The van der Waals surface area contributed by atoms with Crippen LogP contribution in [0.15, 0.2) is 24.5 Å². The first-order valence-corrected chi connectivity index (χ1v) is 11.2. The van der Waals surface area contributed by atoms with Gasteiger partial charge in [-0.1, -0.05) is 45.9 Å². The number of carbonyl (C=O) groups excluding carboxylic acids is 1. The van der Waals surface area contributed by atoms with E-state index >= 15 is 0 Å². The van der Waals surface area contributed by atoms with Crippen LogP contribution in [-0.2, 0) is 19.0 Å². The molecule has 1 aliphatic heterocycles. The second-order valence-electron chi connectivity index (χ2n) is 7.99. The summed E-state index contributed by atoms with van der Waals surface area (Å²) >= 11 is 0. The Hall–Kier alpha value is -1.51. The van der Waals surface area contributed by atoms with Crippen molar-refractivity contribution in [3.05, 3.63) is 24.5 Å². The fourth-order valence-corrected chi connectivity index (χ4v) is 2.73. The molecule has 0 aliphatic carbocycles. The van der Waals surface area contributed by atoms with E-state index in [0.717, 1.165) is 0 Å². The van der Waals surface area contributed by atoms with E-state index in [2.05, 4.69) is 51.9 Å². The molecule has 0 N–H and O–H groups in total. The van der Waals surface area contributed by atoms with E-state index in [1.807, 2.05) is 0 Å². The highest BCUT2D eigenvalue weighted by Crippen LogP contribution is 2.35. The summed E-state index contributed by atoms with van der Waals surface area (Å²) in [6, 6.07) is 0. The molecule has 1 unspecified atom stereocenters. The predicted octanol–water partition coefficient (Wildman–Crippen LogP) is 4.19. The molecule has 0 amide bonds. The maximum Gasteiger partial charge on any atom is 0.337 e. The number of hydrogen-bond donors (Lipinski definition) is 0. The Kier molecular flexibility index (Phi) is 6.49. The highest BCUT2D eigenvalue weighted by molar-refractivity contribution is 6.87. The molecule has 0 aromatic rings. The molecule has 1 rings (SSSR count). The first-order valence-electron chi connectivity index (χ1n) is 8.24. The van der Waals surface area contributed by atoms with Gasteiger partial charge in [-0.3, -0.25) is 0 Å². The summed E-state index contributed by atoms with van der Waals surface area (Å²) in [5.74, 6) is 2.43. The minimum Gasteiger partial charge on any atom is -0.457 e. The minimum atomic E-state index is -1.73. The van der Waals surface area contributed by atoms with E-state index in [1.54, 1.807) is 19.9 Å². The van der Waals surface area contributed by atoms with Crippen molar-refractivity contribution >= 4 is 14.0 Å². The number of ether oxygens (including phenoxy) is 3. The lowest BCUT2D eigenvalue weighted by atomic mass is 10.2. The Morgan fingerprint density at radius 3 is 2.50 bits per heavy atom. The van der Waals surface area contributed by atoms with Crippen molar-refractivity contribution in [1.29, 1.82) is 0 Å². The molecule has 0 fully saturated rings. The number of rotatable bonds is 5. The van der Waals surface area contributed by atoms with Gasteiger partial charge in [0.1, 0.15) is 19.9 Å². The quantitative estimate of drug-likeness (QED) is 0.323. The predicted molar refractivity (Wildman–Crippen MR) is 98.9 cm³/mol. The summed E-state index contributed by atoms with van der Waals surface area (Å²) in [4.78, 5) is 11.7. The summed E-state index contributed by atoms with van der Waals surface area (Å²) < 4.78 is 16.6. The van der Waals surface area contributed by atoms with E-state index in [9.17, 15) is 4.79 Å². The van der Waals surface area contributed by atoms with Crippen LogP contribution in [0.1, 0.15) is 41.0 Å². The van der Waals surface area contributed by atoms with Crippen molar-refractivity contribution in [3.63, 3.8) is 0 Å². The summed E-state index contributed by atoms with van der Waals surface area (Å²) in [7, 11) is -1.73. The number of carbonyl (C=O) groups is 1. The molecular formula is C19H30O4Si. The molecule has 0 aromatic carbocycles. The van der Waals surface area contributed by atoms with Crippen LogP contribution in [0, 0.1) is 11.5 Å². The Labute approximate surface area is 147 Å². The molecular weight excluding hydrogens is 320 g/mol. The van der Waals surface area contributed by atoms with E-state index < -0.39 is 19.8 Å². The first-order chi connectivity index (χ1) is 10.9. The largest absolute Gasteiger partial charge is 0.457 e. The van der Waals surface area contributed by atoms with Gasteiger partial charge in [-0.2, -0.15) is 0 Å². The maximum atomic E-state index is 11.7. The lowest BCUT2D eigenvalue weighted by Crippen LogP contribution is -2.36. The zero-order chi connectivity index (χ0) is 18.6. The number of cyclic esters (lactones) is 1. The molecule has 24 heavy (non-hydrogen) atoms. The van der Waals surface area contributed by atoms with Gasteiger partial charge in [0.2, 0.25) is 5.79 Å². The van der Waals surface area contributed by atoms with Gasteiger partial charge >= 0.3 is 5.97 Å². The lowest BCUT2D eigenvalue weighted by molar-refractivity contribution is -0.206. The van der Waals surface area contributed by atoms with Crippen molar-refractivity contribution in [3.8, 4) is 11.5 Å². The van der Waals surface area contributed by atoms with E-state index in [1.165, 1.54) is 6.08 Å². The standard InChI is InChI=1S/C19H30O4Si/c1-9-11-21-15(10-12-24(7,8)18(2,3)4)13-16-14-17(20)23-19(5,6)22-16/h9,14-15H,1,11,13H2,2-8H3. The summed E-state index contributed by atoms with van der Waals surface area (Å²) in [5, 5.41) is 0.176. The molecule has 1 heterocycles. The van der Waals surface area contributed by atoms with Gasteiger partial charge in [-0.25, -0.2) is 4.79 Å². The monoisotopic (exact) mass is 350 g/mol. The van der Waals surface area contributed by atoms with Crippen LogP contribution < -0.4 is 0 Å². The first kappa shape index (κ1) is 20.5. The topological polar surface area (TPSA) is 44.8 Å². The molecule has 0 aromatic heterocycles. The third-order valence-electron chi connectivity index (χ3n) is 4.22. The van der Waals surface area contributed by atoms with Gasteiger partial charge in [0.15, 0.2) is 0 Å². The molecule has 134 valence electrons. The number of hydrogen-bond acceptors (Lipinski definition) is 4. The van der Waals surface area contributed by atoms with Crippen LogP contribution in [0.3, 0.4) is 0 Å². The van der Waals surface area contributed by atoms with Crippen LogP contribution in [-0.4, -0.2) is 32.5 Å². The van der Waals surface area contributed by atoms with Crippen LogP contribution >= 0.6 is 0 Å². The molecule has 5 heteroatoms. The average Bonchev–Trinajstić information content (AvgIpc) is 2.38. The van der Waals surface area contributed by atoms with Crippen molar-refractivity contribution < 1.29 is 19.0 Å². The van der Waals surface area contributed by atoms with E-state index in [-0.39, 0.29) is 11.1 Å². The Morgan fingerprint density at radius 1 is 1.38 bits per heavy atom. The zero-order valence-electron chi connectivity index (χ0n) is 16.0. The molecule has 0 spiro atoms. The van der Waals surface area contributed by atoms with Crippen molar-refractivity contribution in [2.45, 2.75) is 71.1 Å². The van der Waals surface area contributed by atoms with E-state index in [4.69, 9.17) is 14.2 Å². The van der Waals surface area contributed by atoms with Crippen molar-refractivity contribution in [1.82, 2.24) is 0 Å². The molecule has 0 radical (unpaired) electrons. The summed E-state index contributed by atoms with van der Waals surface area (Å²) in [6.45, 7) is 18.7. The summed E-state index contributed by atoms with van der Waals surface area (Å²) in [6.07, 6.45) is 3.12. The van der Waals surface area contributed by atoms with Gasteiger partial charge in [-0.05, 0) is 5.04 Å². The third kappa shape index (κ3) is 6.18. The molecule has 0 saturated carbocycles. The fraction of sp³-hybridized carbons (Fsp3) is 0.632. The highest BCUT2D eigenvalue weighted by atomic mass is 28.3. The molecule has 0 saturated heterocycles. The molecule has 4 nitrogen and oxygen atoms in total. The van der Waals surface area contributed by atoms with Gasteiger partial charge in [-0.15, -0.1) is 12.1 Å². The molecule has 1 atom stereocenters. The normalized spacial score (nSPS) is 18.5. The van der Waals surface area contributed by atoms with Crippen LogP contribution in [0.5, 0.6) is 0 Å². The highest BCUT2D eigenvalue weighted by Gasteiger charge is 2.34. The average molecular weight is 351 g/mol.